The number of rotatable bonds is 7. The molecule has 1 aromatic heterocycles. The van der Waals surface area contributed by atoms with E-state index in [2.05, 4.69) is 4.98 Å². The highest BCUT2D eigenvalue weighted by molar-refractivity contribution is 7.91. The lowest BCUT2D eigenvalue weighted by atomic mass is 10.1. The lowest BCUT2D eigenvalue weighted by Gasteiger charge is -2.31. The number of aromatic nitrogens is 1. The molecule has 1 amide bonds. The fraction of sp³-hybridized carbons (Fsp3) is 0.364. The van der Waals surface area contributed by atoms with Crippen molar-refractivity contribution in [3.05, 3.63) is 54.6 Å². The summed E-state index contributed by atoms with van der Waals surface area (Å²) in [7, 11) is -3.34. The molecule has 30 heavy (non-hydrogen) atoms. The Labute approximate surface area is 180 Å². The highest BCUT2D eigenvalue weighted by Crippen LogP contribution is 2.29. The molecule has 0 atom stereocenters. The molecule has 3 aromatic rings. The van der Waals surface area contributed by atoms with Crippen LogP contribution in [-0.4, -0.2) is 49.2 Å². The lowest BCUT2D eigenvalue weighted by Crippen LogP contribution is -2.41. The molecule has 0 spiro atoms. The number of hydrogen-bond donors (Lipinski definition) is 0. The maximum Gasteiger partial charge on any atom is 0.274 e. The number of fused-ring (bicyclic) bond motifs is 1. The number of likely N-dealkylation sites (tertiary alicyclic amines) is 1. The van der Waals surface area contributed by atoms with E-state index >= 15 is 0 Å². The molecule has 2 heterocycles. The molecule has 1 saturated heterocycles. The number of thiazole rings is 1. The molecule has 0 radical (unpaired) electrons. The summed E-state index contributed by atoms with van der Waals surface area (Å²) in [5.74, 6) is -0.00312. The fourth-order valence-electron chi connectivity index (χ4n) is 3.58. The average molecular weight is 445 g/mol. The number of benzene rings is 2. The maximum absolute atomic E-state index is 12.5. The Morgan fingerprint density at radius 2 is 1.77 bits per heavy atom. The van der Waals surface area contributed by atoms with Crippen LogP contribution >= 0.6 is 11.3 Å². The van der Waals surface area contributed by atoms with Crippen LogP contribution in [0.1, 0.15) is 25.7 Å². The van der Waals surface area contributed by atoms with Crippen LogP contribution in [0.4, 0.5) is 0 Å². The first-order chi connectivity index (χ1) is 14.5. The van der Waals surface area contributed by atoms with Gasteiger partial charge in [0.15, 0.2) is 9.84 Å². The van der Waals surface area contributed by atoms with Crippen LogP contribution in [0.15, 0.2) is 59.5 Å². The number of carbonyl (C=O) groups is 1. The monoisotopic (exact) mass is 444 g/mol. The molecule has 1 aliphatic rings. The lowest BCUT2D eigenvalue weighted by molar-refractivity contribution is -0.133. The Hall–Kier alpha value is -2.45. The zero-order valence-electron chi connectivity index (χ0n) is 16.6. The summed E-state index contributed by atoms with van der Waals surface area (Å²) >= 11 is 1.54. The van der Waals surface area contributed by atoms with Crippen LogP contribution in [0.5, 0.6) is 5.19 Å². The van der Waals surface area contributed by atoms with Crippen molar-refractivity contribution in [2.45, 2.75) is 36.7 Å². The maximum atomic E-state index is 12.5. The van der Waals surface area contributed by atoms with Gasteiger partial charge in [-0.15, -0.1) is 0 Å². The second-order valence-corrected chi connectivity index (χ2v) is 10.5. The molecule has 1 aliphatic heterocycles. The first kappa shape index (κ1) is 20.8. The molecule has 2 aromatic carbocycles. The molecule has 4 rings (SSSR count). The zero-order chi connectivity index (χ0) is 21.0. The van der Waals surface area contributed by atoms with Gasteiger partial charge in [0, 0.05) is 32.4 Å². The van der Waals surface area contributed by atoms with E-state index in [0.717, 1.165) is 23.1 Å². The minimum atomic E-state index is -3.34. The van der Waals surface area contributed by atoms with Gasteiger partial charge in [0.1, 0.15) is 6.10 Å². The SMILES string of the molecule is O=C(CCCS(=O)(=O)c1ccccc1)N1CCC(Oc2nc3ccccc3s2)CC1. The van der Waals surface area contributed by atoms with Crippen molar-refractivity contribution in [2.75, 3.05) is 18.8 Å². The van der Waals surface area contributed by atoms with Crippen LogP contribution in [0.25, 0.3) is 10.2 Å². The van der Waals surface area contributed by atoms with Gasteiger partial charge in [-0.2, -0.15) is 0 Å². The van der Waals surface area contributed by atoms with E-state index in [1.54, 1.807) is 30.3 Å². The third-order valence-corrected chi connectivity index (χ3v) is 7.99. The van der Waals surface area contributed by atoms with E-state index in [9.17, 15) is 13.2 Å². The van der Waals surface area contributed by atoms with Crippen LogP contribution in [0.2, 0.25) is 0 Å². The molecule has 0 unspecified atom stereocenters. The van der Waals surface area contributed by atoms with E-state index in [4.69, 9.17) is 4.74 Å². The zero-order valence-corrected chi connectivity index (χ0v) is 18.2. The van der Waals surface area contributed by atoms with Gasteiger partial charge in [0.25, 0.3) is 5.19 Å². The molecule has 8 heteroatoms. The molecule has 0 bridgehead atoms. The van der Waals surface area contributed by atoms with Crippen molar-refractivity contribution >= 4 is 37.3 Å². The summed E-state index contributed by atoms with van der Waals surface area (Å²) in [6.07, 6.45) is 2.13. The van der Waals surface area contributed by atoms with Crippen molar-refractivity contribution in [1.82, 2.24) is 9.88 Å². The Morgan fingerprint density at radius 1 is 1.07 bits per heavy atom. The summed E-state index contributed by atoms with van der Waals surface area (Å²) < 4.78 is 31.8. The highest BCUT2D eigenvalue weighted by atomic mass is 32.2. The van der Waals surface area contributed by atoms with Crippen molar-refractivity contribution < 1.29 is 17.9 Å². The molecule has 158 valence electrons. The molecule has 0 N–H and O–H groups in total. The van der Waals surface area contributed by atoms with E-state index in [0.29, 0.717) is 29.6 Å². The largest absolute Gasteiger partial charge is 0.467 e. The second-order valence-electron chi connectivity index (χ2n) is 7.38. The van der Waals surface area contributed by atoms with E-state index in [1.165, 1.54) is 11.3 Å². The van der Waals surface area contributed by atoms with Gasteiger partial charge in [-0.3, -0.25) is 4.79 Å². The second kappa shape index (κ2) is 9.14. The molecule has 0 aliphatic carbocycles. The Bertz CT molecular complexity index is 1070. The van der Waals surface area contributed by atoms with Gasteiger partial charge in [-0.05, 0) is 30.7 Å². The smallest absolute Gasteiger partial charge is 0.274 e. The quantitative estimate of drug-likeness (QED) is 0.552. The van der Waals surface area contributed by atoms with Crippen LogP contribution in [-0.2, 0) is 14.6 Å². The number of carbonyl (C=O) groups excluding carboxylic acids is 1. The molecular weight excluding hydrogens is 420 g/mol. The molecular formula is C22H24N2O4S2. The predicted molar refractivity (Wildman–Crippen MR) is 118 cm³/mol. The Balaban J connectivity index is 1.22. The van der Waals surface area contributed by atoms with E-state index in [1.807, 2.05) is 29.2 Å². The summed E-state index contributed by atoms with van der Waals surface area (Å²) in [4.78, 5) is 19.1. The van der Waals surface area contributed by atoms with E-state index in [-0.39, 0.29) is 24.2 Å². The van der Waals surface area contributed by atoms with Gasteiger partial charge >= 0.3 is 0 Å². The van der Waals surface area contributed by atoms with Crippen LogP contribution in [0.3, 0.4) is 0 Å². The van der Waals surface area contributed by atoms with Gasteiger partial charge in [0.2, 0.25) is 5.91 Å². The number of nitrogens with zero attached hydrogens (tertiary/aromatic N) is 2. The van der Waals surface area contributed by atoms with Crippen molar-refractivity contribution in [3.63, 3.8) is 0 Å². The van der Waals surface area contributed by atoms with Crippen molar-refractivity contribution in [3.8, 4) is 5.19 Å². The number of para-hydroxylation sites is 1. The summed E-state index contributed by atoms with van der Waals surface area (Å²) in [5, 5.41) is 0.673. The Morgan fingerprint density at radius 3 is 2.50 bits per heavy atom. The normalized spacial score (nSPS) is 15.4. The number of sulfone groups is 1. The number of hydrogen-bond acceptors (Lipinski definition) is 6. The number of ether oxygens (including phenoxy) is 1. The molecule has 1 fully saturated rings. The molecule has 0 saturated carbocycles. The van der Waals surface area contributed by atoms with Crippen molar-refractivity contribution in [2.24, 2.45) is 0 Å². The van der Waals surface area contributed by atoms with E-state index < -0.39 is 9.84 Å². The van der Waals surface area contributed by atoms with Gasteiger partial charge in [-0.25, -0.2) is 13.4 Å². The van der Waals surface area contributed by atoms with Gasteiger partial charge < -0.3 is 9.64 Å². The Kier molecular flexibility index (Phi) is 6.34. The predicted octanol–water partition coefficient (Wildman–Crippen LogP) is 3.92. The average Bonchev–Trinajstić information content (AvgIpc) is 3.17. The number of piperidine rings is 1. The topological polar surface area (TPSA) is 76.6 Å². The van der Waals surface area contributed by atoms with Gasteiger partial charge in [0.05, 0.1) is 20.9 Å². The van der Waals surface area contributed by atoms with Crippen LogP contribution < -0.4 is 4.74 Å². The standard InChI is InChI=1S/C22H24N2O4S2/c25-21(11-6-16-30(26,27)18-7-2-1-3-8-18)24-14-12-17(13-15-24)28-22-23-19-9-4-5-10-20(19)29-22/h1-5,7-10,17H,6,11-16H2. The first-order valence-corrected chi connectivity index (χ1v) is 12.6. The van der Waals surface area contributed by atoms with Crippen molar-refractivity contribution in [1.29, 1.82) is 0 Å². The molecule has 6 nitrogen and oxygen atoms in total. The van der Waals surface area contributed by atoms with Gasteiger partial charge in [-0.1, -0.05) is 41.7 Å². The third kappa shape index (κ3) is 4.99. The number of amides is 1. The summed E-state index contributed by atoms with van der Waals surface area (Å²) in [6.45, 7) is 1.25. The minimum absolute atomic E-state index is 0.0108. The summed E-state index contributed by atoms with van der Waals surface area (Å²) in [5.41, 5.74) is 0.940. The highest BCUT2D eigenvalue weighted by Gasteiger charge is 2.25. The van der Waals surface area contributed by atoms with Crippen LogP contribution in [0, 0.1) is 0 Å². The summed E-state index contributed by atoms with van der Waals surface area (Å²) in [6, 6.07) is 16.3. The third-order valence-electron chi connectivity index (χ3n) is 5.24. The first-order valence-electron chi connectivity index (χ1n) is 10.1. The minimum Gasteiger partial charge on any atom is -0.467 e. The fourth-order valence-corrected chi connectivity index (χ4v) is 5.80.